The second kappa shape index (κ2) is 7.99. The van der Waals surface area contributed by atoms with Gasteiger partial charge in [-0.15, -0.1) is 0 Å². The van der Waals surface area contributed by atoms with Gasteiger partial charge < -0.3 is 10.5 Å². The zero-order valence-corrected chi connectivity index (χ0v) is 16.6. The lowest BCUT2D eigenvalue weighted by molar-refractivity contribution is -0.139. The van der Waals surface area contributed by atoms with E-state index in [0.717, 1.165) is 17.6 Å². The Morgan fingerprint density at radius 1 is 1.07 bits per heavy atom. The van der Waals surface area contributed by atoms with Crippen LogP contribution in [0.2, 0.25) is 0 Å². The minimum atomic E-state index is -4.58. The average molecular weight is 403 g/mol. The first-order valence-electron chi connectivity index (χ1n) is 9.34. The number of hydrogen-bond donors (Lipinski definition) is 1. The second-order valence-corrected chi connectivity index (χ2v) is 8.27. The predicted octanol–water partition coefficient (Wildman–Crippen LogP) is 5.46. The fourth-order valence-electron chi connectivity index (χ4n) is 3.29. The number of rotatable bonds is 5. The molecule has 1 unspecified atom stereocenters. The summed E-state index contributed by atoms with van der Waals surface area (Å²) in [5, 5.41) is 0.733. The number of nitrogens with zero attached hydrogens (tertiary/aromatic N) is 2. The van der Waals surface area contributed by atoms with E-state index in [-0.39, 0.29) is 29.5 Å². The van der Waals surface area contributed by atoms with Crippen LogP contribution in [0.5, 0.6) is 5.75 Å². The van der Waals surface area contributed by atoms with Gasteiger partial charge in [0, 0.05) is 23.2 Å². The topological polar surface area (TPSA) is 61.0 Å². The molecule has 0 fully saturated rings. The van der Waals surface area contributed by atoms with E-state index in [9.17, 15) is 13.2 Å². The largest absolute Gasteiger partial charge is 0.490 e. The summed E-state index contributed by atoms with van der Waals surface area (Å²) in [5.74, 6) is -0.316. The Kier molecular flexibility index (Phi) is 5.80. The molecule has 0 spiro atoms. The van der Waals surface area contributed by atoms with Gasteiger partial charge in [0.1, 0.15) is 17.9 Å². The lowest BCUT2D eigenvalue weighted by Crippen LogP contribution is -2.32. The first kappa shape index (κ1) is 21.0. The van der Waals surface area contributed by atoms with Gasteiger partial charge in [-0.1, -0.05) is 39.0 Å². The van der Waals surface area contributed by atoms with Crippen molar-refractivity contribution in [1.82, 2.24) is 9.97 Å². The number of nitrogens with two attached hydrogens (primary N) is 1. The Hall–Kier alpha value is -2.67. The van der Waals surface area contributed by atoms with Crippen LogP contribution in [0.15, 0.2) is 48.8 Å². The molecule has 0 bridgehead atoms. The normalized spacial score (nSPS) is 13.5. The maximum atomic E-state index is 13.7. The van der Waals surface area contributed by atoms with Crippen molar-refractivity contribution in [2.45, 2.75) is 39.4 Å². The van der Waals surface area contributed by atoms with Crippen LogP contribution in [-0.4, -0.2) is 22.6 Å². The van der Waals surface area contributed by atoms with Gasteiger partial charge in [-0.3, -0.25) is 9.97 Å². The number of benzene rings is 1. The summed E-state index contributed by atoms with van der Waals surface area (Å²) < 4.78 is 46.5. The Morgan fingerprint density at radius 3 is 2.48 bits per heavy atom. The third kappa shape index (κ3) is 5.23. The van der Waals surface area contributed by atoms with Crippen LogP contribution in [0.3, 0.4) is 0 Å². The van der Waals surface area contributed by atoms with Crippen LogP contribution in [0.1, 0.15) is 32.8 Å². The highest BCUT2D eigenvalue weighted by molar-refractivity contribution is 5.93. The van der Waals surface area contributed by atoms with E-state index >= 15 is 0 Å². The first-order valence-corrected chi connectivity index (χ1v) is 9.34. The van der Waals surface area contributed by atoms with Crippen molar-refractivity contribution in [2.24, 2.45) is 11.1 Å². The van der Waals surface area contributed by atoms with E-state index in [2.05, 4.69) is 9.97 Å². The van der Waals surface area contributed by atoms with Gasteiger partial charge in [0.2, 0.25) is 0 Å². The molecule has 1 atom stereocenters. The van der Waals surface area contributed by atoms with E-state index in [1.165, 1.54) is 0 Å². The Labute approximate surface area is 167 Å². The molecule has 3 aromatic rings. The lowest BCUT2D eigenvalue weighted by Gasteiger charge is -2.24. The van der Waals surface area contributed by atoms with Crippen molar-refractivity contribution in [3.63, 3.8) is 0 Å². The van der Waals surface area contributed by atoms with Crippen LogP contribution in [0, 0.1) is 5.41 Å². The van der Waals surface area contributed by atoms with Crippen LogP contribution < -0.4 is 10.5 Å². The maximum absolute atomic E-state index is 13.7. The molecule has 0 radical (unpaired) electrons. The minimum absolute atomic E-state index is 0.0143. The zero-order chi connectivity index (χ0) is 21.2. The zero-order valence-electron chi connectivity index (χ0n) is 16.6. The average Bonchev–Trinajstić information content (AvgIpc) is 2.64. The smallest absolute Gasteiger partial charge is 0.420 e. The van der Waals surface area contributed by atoms with E-state index in [1.807, 2.05) is 39.0 Å². The molecule has 2 N–H and O–H groups in total. The number of alkyl halides is 3. The molecule has 3 rings (SSSR count). The molecule has 0 aliphatic heterocycles. The quantitative estimate of drug-likeness (QED) is 0.615. The van der Waals surface area contributed by atoms with Crippen molar-refractivity contribution < 1.29 is 17.9 Å². The molecule has 154 valence electrons. The summed E-state index contributed by atoms with van der Waals surface area (Å²) >= 11 is 0. The summed E-state index contributed by atoms with van der Waals surface area (Å²) in [4.78, 5) is 8.48. The summed E-state index contributed by atoms with van der Waals surface area (Å²) in [7, 11) is 0. The van der Waals surface area contributed by atoms with Crippen molar-refractivity contribution in [2.75, 3.05) is 6.61 Å². The van der Waals surface area contributed by atoms with Crippen molar-refractivity contribution in [3.8, 4) is 17.0 Å². The molecule has 0 amide bonds. The fraction of sp³-hybridized carbons (Fsp3) is 0.364. The highest BCUT2D eigenvalue weighted by Gasteiger charge is 2.35. The highest BCUT2D eigenvalue weighted by Crippen LogP contribution is 2.39. The van der Waals surface area contributed by atoms with Crippen LogP contribution in [0.25, 0.3) is 22.2 Å². The molecule has 7 heteroatoms. The Balaban J connectivity index is 1.95. The highest BCUT2D eigenvalue weighted by atomic mass is 19.4. The molecule has 0 saturated heterocycles. The van der Waals surface area contributed by atoms with Crippen LogP contribution in [-0.2, 0) is 6.18 Å². The molecular weight excluding hydrogens is 379 g/mol. The summed E-state index contributed by atoms with van der Waals surface area (Å²) in [5.41, 5.74) is 6.59. The molecule has 29 heavy (non-hydrogen) atoms. The van der Waals surface area contributed by atoms with Gasteiger partial charge in [0.15, 0.2) is 0 Å². The summed E-state index contributed by atoms with van der Waals surface area (Å²) in [6, 6.07) is 9.55. The molecule has 0 saturated carbocycles. The summed E-state index contributed by atoms with van der Waals surface area (Å²) in [6.07, 6.45) is -1.27. The molecule has 2 aromatic heterocycles. The number of pyridine rings is 2. The van der Waals surface area contributed by atoms with E-state index < -0.39 is 11.7 Å². The Bertz CT molecular complexity index is 991. The van der Waals surface area contributed by atoms with Crippen molar-refractivity contribution in [3.05, 3.63) is 54.4 Å². The molecule has 0 aliphatic carbocycles. The number of aromatic nitrogens is 2. The van der Waals surface area contributed by atoms with Crippen LogP contribution >= 0.6 is 0 Å². The van der Waals surface area contributed by atoms with E-state index in [4.69, 9.17) is 10.5 Å². The van der Waals surface area contributed by atoms with Gasteiger partial charge in [0.05, 0.1) is 17.4 Å². The lowest BCUT2D eigenvalue weighted by atomic mass is 9.89. The van der Waals surface area contributed by atoms with E-state index in [0.29, 0.717) is 17.5 Å². The summed E-state index contributed by atoms with van der Waals surface area (Å²) in [6.45, 7) is 6.04. The monoisotopic (exact) mass is 403 g/mol. The number of fused-ring (bicyclic) bond motifs is 1. The number of hydrogen-bond acceptors (Lipinski definition) is 4. The van der Waals surface area contributed by atoms with Crippen molar-refractivity contribution >= 4 is 10.9 Å². The van der Waals surface area contributed by atoms with Gasteiger partial charge in [0.25, 0.3) is 0 Å². The molecular formula is C22H24F3N3O. The number of para-hydroxylation sites is 1. The Morgan fingerprint density at radius 2 is 1.79 bits per heavy atom. The van der Waals surface area contributed by atoms with Gasteiger partial charge in [-0.05, 0) is 30.0 Å². The second-order valence-electron chi connectivity index (χ2n) is 8.27. The van der Waals surface area contributed by atoms with Gasteiger partial charge in [-0.2, -0.15) is 13.2 Å². The fourth-order valence-corrected chi connectivity index (χ4v) is 3.29. The van der Waals surface area contributed by atoms with Gasteiger partial charge in [-0.25, -0.2) is 0 Å². The molecule has 2 heterocycles. The van der Waals surface area contributed by atoms with Crippen molar-refractivity contribution in [1.29, 1.82) is 0 Å². The maximum Gasteiger partial charge on any atom is 0.420 e. The number of halogens is 3. The SMILES string of the molecule is CC(C)(C)CC(N)COc1cnc(-c2ccnc3ccccc23)cc1C(F)(F)F. The number of ether oxygens (including phenoxy) is 1. The molecule has 4 nitrogen and oxygen atoms in total. The van der Waals surface area contributed by atoms with Gasteiger partial charge >= 0.3 is 6.18 Å². The molecule has 0 aliphatic rings. The third-order valence-corrected chi connectivity index (χ3v) is 4.43. The predicted molar refractivity (Wildman–Crippen MR) is 108 cm³/mol. The first-order chi connectivity index (χ1) is 13.5. The standard InChI is InChI=1S/C22H24F3N3O/c1-21(2,3)11-14(26)13-29-20-12-28-19(10-17(20)22(23,24)25)16-8-9-27-18-7-5-4-6-15(16)18/h4-10,12,14H,11,13,26H2,1-3H3. The minimum Gasteiger partial charge on any atom is -0.490 e. The third-order valence-electron chi connectivity index (χ3n) is 4.43. The van der Waals surface area contributed by atoms with Crippen LogP contribution in [0.4, 0.5) is 13.2 Å². The van der Waals surface area contributed by atoms with E-state index in [1.54, 1.807) is 18.3 Å². The molecule has 1 aromatic carbocycles.